The average molecular weight is 385 g/mol. The molecule has 0 aliphatic rings. The van der Waals surface area contributed by atoms with Crippen molar-refractivity contribution in [1.29, 1.82) is 0 Å². The Hall–Kier alpha value is -2.76. The molecule has 0 saturated carbocycles. The first kappa shape index (κ1) is 21.5. The SMILES string of the molecule is CCNC(=NCCc1ccc(OCC)c(OCC)c1)NCCc1cccnc1. The predicted molar refractivity (Wildman–Crippen MR) is 114 cm³/mol. The fourth-order valence-corrected chi connectivity index (χ4v) is 2.76. The van der Waals surface area contributed by atoms with Crippen molar-refractivity contribution in [1.82, 2.24) is 15.6 Å². The third-order valence-corrected chi connectivity index (χ3v) is 4.05. The summed E-state index contributed by atoms with van der Waals surface area (Å²) in [5, 5.41) is 6.67. The zero-order chi connectivity index (χ0) is 20.0. The second kappa shape index (κ2) is 12.6. The Bertz CT molecular complexity index is 720. The monoisotopic (exact) mass is 384 g/mol. The molecule has 0 radical (unpaired) electrons. The normalized spacial score (nSPS) is 11.2. The number of nitrogens with one attached hydrogen (secondary N) is 2. The smallest absolute Gasteiger partial charge is 0.191 e. The molecular formula is C22H32N4O2. The first-order valence-electron chi connectivity index (χ1n) is 10.1. The van der Waals surface area contributed by atoms with Crippen LogP contribution in [0.2, 0.25) is 0 Å². The number of hydrogen-bond donors (Lipinski definition) is 2. The van der Waals surface area contributed by atoms with Crippen molar-refractivity contribution in [3.8, 4) is 11.5 Å². The molecule has 2 N–H and O–H groups in total. The Morgan fingerprint density at radius 1 is 0.964 bits per heavy atom. The molecule has 0 amide bonds. The van der Waals surface area contributed by atoms with Gasteiger partial charge in [0.1, 0.15) is 0 Å². The van der Waals surface area contributed by atoms with Gasteiger partial charge < -0.3 is 20.1 Å². The summed E-state index contributed by atoms with van der Waals surface area (Å²) in [6.07, 6.45) is 5.44. The van der Waals surface area contributed by atoms with E-state index in [2.05, 4.69) is 39.7 Å². The lowest BCUT2D eigenvalue weighted by Gasteiger charge is -2.13. The zero-order valence-electron chi connectivity index (χ0n) is 17.2. The van der Waals surface area contributed by atoms with E-state index in [1.165, 1.54) is 11.1 Å². The summed E-state index contributed by atoms with van der Waals surface area (Å²) in [6.45, 7) is 9.61. The zero-order valence-corrected chi connectivity index (χ0v) is 17.2. The fourth-order valence-electron chi connectivity index (χ4n) is 2.76. The van der Waals surface area contributed by atoms with Crippen LogP contribution in [0.3, 0.4) is 0 Å². The van der Waals surface area contributed by atoms with Crippen molar-refractivity contribution in [3.05, 3.63) is 53.9 Å². The first-order valence-corrected chi connectivity index (χ1v) is 10.1. The summed E-state index contributed by atoms with van der Waals surface area (Å²) in [5.74, 6) is 2.43. The Kier molecular flexibility index (Phi) is 9.69. The highest BCUT2D eigenvalue weighted by molar-refractivity contribution is 5.79. The third kappa shape index (κ3) is 7.47. The highest BCUT2D eigenvalue weighted by Gasteiger charge is 2.06. The van der Waals surface area contributed by atoms with Gasteiger partial charge in [0.15, 0.2) is 17.5 Å². The molecule has 0 unspecified atom stereocenters. The minimum atomic E-state index is 0.618. The second-order valence-corrected chi connectivity index (χ2v) is 6.20. The summed E-state index contributed by atoms with van der Waals surface area (Å²) < 4.78 is 11.3. The molecule has 2 aromatic rings. The number of guanidine groups is 1. The second-order valence-electron chi connectivity index (χ2n) is 6.20. The lowest BCUT2D eigenvalue weighted by molar-refractivity contribution is 0.287. The van der Waals surface area contributed by atoms with Crippen LogP contribution >= 0.6 is 0 Å². The van der Waals surface area contributed by atoms with E-state index in [1.807, 2.05) is 38.2 Å². The van der Waals surface area contributed by atoms with Gasteiger partial charge in [0.05, 0.1) is 13.2 Å². The van der Waals surface area contributed by atoms with Crippen molar-refractivity contribution >= 4 is 5.96 Å². The van der Waals surface area contributed by atoms with Gasteiger partial charge in [-0.15, -0.1) is 0 Å². The summed E-state index contributed by atoms with van der Waals surface area (Å²) in [7, 11) is 0. The van der Waals surface area contributed by atoms with Crippen LogP contribution in [0.1, 0.15) is 31.9 Å². The minimum Gasteiger partial charge on any atom is -0.490 e. The van der Waals surface area contributed by atoms with Crippen molar-refractivity contribution in [2.45, 2.75) is 33.6 Å². The van der Waals surface area contributed by atoms with Gasteiger partial charge >= 0.3 is 0 Å². The molecule has 2 rings (SSSR count). The fraction of sp³-hybridized carbons (Fsp3) is 0.455. The largest absolute Gasteiger partial charge is 0.490 e. The van der Waals surface area contributed by atoms with Crippen LogP contribution in [0, 0.1) is 0 Å². The lowest BCUT2D eigenvalue weighted by atomic mass is 10.1. The number of nitrogens with zero attached hydrogens (tertiary/aromatic N) is 2. The van der Waals surface area contributed by atoms with Crippen LogP contribution in [-0.2, 0) is 12.8 Å². The first-order chi connectivity index (χ1) is 13.8. The number of ether oxygens (including phenoxy) is 2. The molecule has 0 saturated heterocycles. The van der Waals surface area contributed by atoms with Crippen molar-refractivity contribution < 1.29 is 9.47 Å². The van der Waals surface area contributed by atoms with E-state index in [9.17, 15) is 0 Å². The molecule has 0 spiro atoms. The van der Waals surface area contributed by atoms with E-state index in [-0.39, 0.29) is 0 Å². The van der Waals surface area contributed by atoms with Gasteiger partial charge in [-0.1, -0.05) is 12.1 Å². The van der Waals surface area contributed by atoms with Gasteiger partial charge in [-0.05, 0) is 62.9 Å². The Balaban J connectivity index is 1.88. The summed E-state index contributed by atoms with van der Waals surface area (Å²) in [4.78, 5) is 8.83. The molecular weight excluding hydrogens is 352 g/mol. The summed E-state index contributed by atoms with van der Waals surface area (Å²) in [5.41, 5.74) is 2.39. The Morgan fingerprint density at radius 3 is 2.50 bits per heavy atom. The van der Waals surface area contributed by atoms with Crippen molar-refractivity contribution in [3.63, 3.8) is 0 Å². The van der Waals surface area contributed by atoms with Crippen molar-refractivity contribution in [2.24, 2.45) is 4.99 Å². The molecule has 0 aliphatic carbocycles. The molecule has 6 heteroatoms. The van der Waals surface area contributed by atoms with Crippen LogP contribution in [0.15, 0.2) is 47.7 Å². The van der Waals surface area contributed by atoms with Crippen LogP contribution < -0.4 is 20.1 Å². The maximum absolute atomic E-state index is 5.70. The summed E-state index contributed by atoms with van der Waals surface area (Å²) >= 11 is 0. The number of aliphatic imine (C=N–C) groups is 1. The van der Waals surface area contributed by atoms with E-state index < -0.39 is 0 Å². The molecule has 6 nitrogen and oxygen atoms in total. The average Bonchev–Trinajstić information content (AvgIpc) is 2.71. The van der Waals surface area contributed by atoms with Gasteiger partial charge in [0.25, 0.3) is 0 Å². The lowest BCUT2D eigenvalue weighted by Crippen LogP contribution is -2.38. The standard InChI is InChI=1S/C22H32N4O2/c1-4-24-22(26-15-12-19-8-7-13-23-17-19)25-14-11-18-9-10-20(27-5-2)21(16-18)28-6-3/h7-10,13,16-17H,4-6,11-12,14-15H2,1-3H3,(H2,24,25,26). The van der Waals surface area contributed by atoms with Gasteiger partial charge in [0.2, 0.25) is 0 Å². The number of aromatic nitrogens is 1. The number of rotatable bonds is 11. The molecule has 0 bridgehead atoms. The van der Waals surface area contributed by atoms with E-state index >= 15 is 0 Å². The molecule has 1 heterocycles. The Morgan fingerprint density at radius 2 is 1.79 bits per heavy atom. The molecule has 0 fully saturated rings. The molecule has 1 aromatic carbocycles. The van der Waals surface area contributed by atoms with E-state index in [1.54, 1.807) is 6.20 Å². The highest BCUT2D eigenvalue weighted by atomic mass is 16.5. The van der Waals surface area contributed by atoms with E-state index in [0.29, 0.717) is 19.8 Å². The molecule has 0 atom stereocenters. The third-order valence-electron chi connectivity index (χ3n) is 4.05. The highest BCUT2D eigenvalue weighted by Crippen LogP contribution is 2.28. The molecule has 0 aliphatic heterocycles. The maximum Gasteiger partial charge on any atom is 0.191 e. The molecule has 1 aromatic heterocycles. The number of pyridine rings is 1. The van der Waals surface area contributed by atoms with Crippen LogP contribution in [0.25, 0.3) is 0 Å². The minimum absolute atomic E-state index is 0.618. The van der Waals surface area contributed by atoms with E-state index in [0.717, 1.165) is 43.4 Å². The van der Waals surface area contributed by atoms with Crippen LogP contribution in [0.5, 0.6) is 11.5 Å². The van der Waals surface area contributed by atoms with Gasteiger partial charge in [-0.2, -0.15) is 0 Å². The van der Waals surface area contributed by atoms with Gasteiger partial charge in [0, 0.05) is 32.0 Å². The predicted octanol–water partition coefficient (Wildman–Crippen LogP) is 3.22. The number of hydrogen-bond acceptors (Lipinski definition) is 4. The maximum atomic E-state index is 5.70. The van der Waals surface area contributed by atoms with Gasteiger partial charge in [-0.25, -0.2) is 0 Å². The topological polar surface area (TPSA) is 67.8 Å². The van der Waals surface area contributed by atoms with Gasteiger partial charge in [-0.3, -0.25) is 9.98 Å². The van der Waals surface area contributed by atoms with Crippen molar-refractivity contribution in [2.75, 3.05) is 32.8 Å². The molecule has 152 valence electrons. The number of benzene rings is 1. The quantitative estimate of drug-likeness (QED) is 0.460. The summed E-state index contributed by atoms with van der Waals surface area (Å²) in [6, 6.07) is 10.1. The Labute approximate surface area is 168 Å². The van der Waals surface area contributed by atoms with Crippen LogP contribution in [0.4, 0.5) is 0 Å². The van der Waals surface area contributed by atoms with E-state index in [4.69, 9.17) is 9.47 Å². The van der Waals surface area contributed by atoms with Crippen LogP contribution in [-0.4, -0.2) is 43.8 Å². The molecule has 28 heavy (non-hydrogen) atoms.